The first-order valence-electron chi connectivity index (χ1n) is 7.04. The Labute approximate surface area is 106 Å². The Morgan fingerprint density at radius 1 is 1.06 bits per heavy atom. The van der Waals surface area contributed by atoms with Crippen LogP contribution < -0.4 is 0 Å². The van der Waals surface area contributed by atoms with E-state index in [2.05, 4.69) is 30.7 Å². The summed E-state index contributed by atoms with van der Waals surface area (Å²) in [6.07, 6.45) is 2.21. The molecule has 1 aliphatic heterocycles. The molecule has 0 N–H and O–H groups in total. The smallest absolute Gasteiger partial charge is 0.229 e. The molecule has 1 saturated carbocycles. The van der Waals surface area contributed by atoms with Gasteiger partial charge in [0.25, 0.3) is 0 Å². The molecular formula is C14H28N2O. The molecule has 0 aromatic rings. The molecule has 2 fully saturated rings. The van der Waals surface area contributed by atoms with E-state index in [0.717, 1.165) is 39.0 Å². The van der Waals surface area contributed by atoms with E-state index in [4.69, 9.17) is 0 Å². The van der Waals surface area contributed by atoms with Gasteiger partial charge in [0.15, 0.2) is 0 Å². The maximum Gasteiger partial charge on any atom is 0.229 e. The first kappa shape index (κ1) is 14.5. The molecule has 0 bridgehead atoms. The largest absolute Gasteiger partial charge is 0.340 e. The van der Waals surface area contributed by atoms with Gasteiger partial charge in [-0.05, 0) is 25.8 Å². The minimum absolute atomic E-state index is 0.0237. The fraction of sp³-hybridized carbons (Fsp3) is 0.929. The van der Waals surface area contributed by atoms with E-state index in [1.807, 2.05) is 13.8 Å². The van der Waals surface area contributed by atoms with Crippen LogP contribution in [0.5, 0.6) is 0 Å². The predicted octanol–water partition coefficient (Wildman–Crippen LogP) is 2.22. The summed E-state index contributed by atoms with van der Waals surface area (Å²) >= 11 is 0. The molecule has 2 rings (SSSR count). The van der Waals surface area contributed by atoms with Gasteiger partial charge < -0.3 is 9.80 Å². The molecule has 0 aromatic carbocycles. The van der Waals surface area contributed by atoms with Gasteiger partial charge in [-0.25, -0.2) is 0 Å². The molecule has 1 saturated heterocycles. The number of carbonyl (C=O) groups excluding carboxylic acids is 1. The van der Waals surface area contributed by atoms with Crippen molar-refractivity contribution in [1.29, 1.82) is 0 Å². The van der Waals surface area contributed by atoms with Crippen molar-refractivity contribution in [1.82, 2.24) is 9.80 Å². The maximum absolute atomic E-state index is 12.3. The number of amides is 1. The van der Waals surface area contributed by atoms with Crippen molar-refractivity contribution >= 4 is 5.91 Å². The third-order valence-electron chi connectivity index (χ3n) is 4.11. The minimum atomic E-state index is 0.0237. The van der Waals surface area contributed by atoms with Crippen LogP contribution in [0.4, 0.5) is 0 Å². The van der Waals surface area contributed by atoms with Crippen LogP contribution in [-0.4, -0.2) is 48.9 Å². The Morgan fingerprint density at radius 2 is 1.53 bits per heavy atom. The van der Waals surface area contributed by atoms with Crippen molar-refractivity contribution in [2.75, 3.05) is 33.2 Å². The van der Waals surface area contributed by atoms with Gasteiger partial charge in [0, 0.05) is 26.2 Å². The zero-order valence-corrected chi connectivity index (χ0v) is 12.1. The lowest BCUT2D eigenvalue weighted by molar-refractivity contribution is -0.140. The van der Waals surface area contributed by atoms with Crippen LogP contribution in [0.3, 0.4) is 0 Å². The summed E-state index contributed by atoms with van der Waals surface area (Å²) in [4.78, 5) is 16.7. The second-order valence-electron chi connectivity index (χ2n) is 5.41. The summed E-state index contributed by atoms with van der Waals surface area (Å²) in [5, 5.41) is 0. The minimum Gasteiger partial charge on any atom is -0.340 e. The summed E-state index contributed by atoms with van der Waals surface area (Å²) in [7, 11) is 2.12. The predicted molar refractivity (Wildman–Crippen MR) is 71.9 cm³/mol. The zero-order chi connectivity index (χ0) is 13.1. The molecule has 100 valence electrons. The van der Waals surface area contributed by atoms with E-state index in [1.54, 1.807) is 0 Å². The topological polar surface area (TPSA) is 23.6 Å². The summed E-state index contributed by atoms with van der Waals surface area (Å²) in [5.41, 5.74) is 0.0237. The lowest BCUT2D eigenvalue weighted by Gasteiger charge is -2.35. The van der Waals surface area contributed by atoms with Crippen LogP contribution in [0.25, 0.3) is 0 Å². The molecule has 0 unspecified atom stereocenters. The van der Waals surface area contributed by atoms with E-state index >= 15 is 0 Å². The van der Waals surface area contributed by atoms with Crippen LogP contribution in [0, 0.1) is 11.3 Å². The number of hydrogen-bond acceptors (Lipinski definition) is 2. The Hall–Kier alpha value is -0.570. The van der Waals surface area contributed by atoms with Crippen molar-refractivity contribution in [3.63, 3.8) is 0 Å². The molecule has 1 heterocycles. The van der Waals surface area contributed by atoms with Gasteiger partial charge >= 0.3 is 0 Å². The fourth-order valence-electron chi connectivity index (χ4n) is 2.50. The Morgan fingerprint density at radius 3 is 1.88 bits per heavy atom. The third kappa shape index (κ3) is 3.01. The normalized spacial score (nSPS) is 23.1. The number of rotatable bonds is 2. The van der Waals surface area contributed by atoms with Crippen LogP contribution in [-0.2, 0) is 4.79 Å². The molecule has 1 aliphatic carbocycles. The molecule has 17 heavy (non-hydrogen) atoms. The van der Waals surface area contributed by atoms with Gasteiger partial charge in [0.2, 0.25) is 5.91 Å². The Balaban J connectivity index is 0.000000686. The van der Waals surface area contributed by atoms with Crippen molar-refractivity contribution in [2.24, 2.45) is 11.3 Å². The highest BCUT2D eigenvalue weighted by Gasteiger charge is 2.53. The maximum atomic E-state index is 12.3. The highest BCUT2D eigenvalue weighted by atomic mass is 16.2. The molecule has 2 aliphatic rings. The monoisotopic (exact) mass is 240 g/mol. The van der Waals surface area contributed by atoms with E-state index < -0.39 is 0 Å². The second-order valence-corrected chi connectivity index (χ2v) is 5.41. The van der Waals surface area contributed by atoms with Gasteiger partial charge in [0.05, 0.1) is 5.41 Å². The van der Waals surface area contributed by atoms with Crippen molar-refractivity contribution in [2.45, 2.75) is 40.5 Å². The van der Waals surface area contributed by atoms with Gasteiger partial charge in [-0.1, -0.05) is 27.7 Å². The number of likely N-dealkylation sites (N-methyl/N-ethyl adjacent to an activating group) is 1. The van der Waals surface area contributed by atoms with Crippen LogP contribution >= 0.6 is 0 Å². The van der Waals surface area contributed by atoms with Crippen LogP contribution in [0.1, 0.15) is 40.5 Å². The van der Waals surface area contributed by atoms with E-state index in [9.17, 15) is 4.79 Å². The highest BCUT2D eigenvalue weighted by molar-refractivity contribution is 5.85. The number of nitrogens with zero attached hydrogens (tertiary/aromatic N) is 2. The van der Waals surface area contributed by atoms with Gasteiger partial charge in [-0.3, -0.25) is 4.79 Å². The van der Waals surface area contributed by atoms with Gasteiger partial charge in [-0.15, -0.1) is 0 Å². The quantitative estimate of drug-likeness (QED) is 0.739. The molecule has 3 heteroatoms. The average Bonchev–Trinajstić information content (AvgIpc) is 3.13. The van der Waals surface area contributed by atoms with Crippen LogP contribution in [0.15, 0.2) is 0 Å². The summed E-state index contributed by atoms with van der Waals surface area (Å²) in [6.45, 7) is 12.3. The van der Waals surface area contributed by atoms with Crippen molar-refractivity contribution in [3.05, 3.63) is 0 Å². The molecule has 0 radical (unpaired) electrons. The third-order valence-corrected chi connectivity index (χ3v) is 4.11. The standard InChI is InChI=1S/C12H22N2O.C2H6/c1-10(2)12(4-5-12)11(15)14-8-6-13(3)7-9-14;1-2/h10H,4-9H2,1-3H3;1-2H3. The molecule has 0 aromatic heterocycles. The SMILES string of the molecule is CC.CC(C)C1(C(=O)N2CCN(C)CC2)CC1. The number of carbonyl (C=O) groups is 1. The van der Waals surface area contributed by atoms with E-state index in [0.29, 0.717) is 11.8 Å². The molecular weight excluding hydrogens is 212 g/mol. The summed E-state index contributed by atoms with van der Waals surface area (Å²) < 4.78 is 0. The molecule has 1 amide bonds. The summed E-state index contributed by atoms with van der Waals surface area (Å²) in [5.74, 6) is 0.926. The zero-order valence-electron chi connectivity index (χ0n) is 12.1. The Bertz CT molecular complexity index is 251. The molecule has 0 spiro atoms. The van der Waals surface area contributed by atoms with Gasteiger partial charge in [-0.2, -0.15) is 0 Å². The highest BCUT2D eigenvalue weighted by Crippen LogP contribution is 2.53. The van der Waals surface area contributed by atoms with E-state index in [-0.39, 0.29) is 5.41 Å². The lowest BCUT2D eigenvalue weighted by atomic mass is 9.90. The fourth-order valence-corrected chi connectivity index (χ4v) is 2.50. The summed E-state index contributed by atoms with van der Waals surface area (Å²) in [6, 6.07) is 0. The first-order chi connectivity index (χ1) is 8.06. The molecule has 3 nitrogen and oxygen atoms in total. The lowest BCUT2D eigenvalue weighted by Crippen LogP contribution is -2.50. The van der Waals surface area contributed by atoms with Crippen molar-refractivity contribution in [3.8, 4) is 0 Å². The number of hydrogen-bond donors (Lipinski definition) is 0. The van der Waals surface area contributed by atoms with Crippen molar-refractivity contribution < 1.29 is 4.79 Å². The average molecular weight is 240 g/mol. The molecule has 0 atom stereocenters. The Kier molecular flexibility index (Phi) is 4.99. The van der Waals surface area contributed by atoms with E-state index in [1.165, 1.54) is 0 Å². The van der Waals surface area contributed by atoms with Gasteiger partial charge in [0.1, 0.15) is 0 Å². The second kappa shape index (κ2) is 5.85. The van der Waals surface area contributed by atoms with Crippen LogP contribution in [0.2, 0.25) is 0 Å². The first-order valence-corrected chi connectivity index (χ1v) is 7.04. The number of piperazine rings is 1.